The Labute approximate surface area is 98.8 Å². The van der Waals surface area contributed by atoms with Crippen LogP contribution in [0.15, 0.2) is 18.2 Å². The molecule has 1 rings (SSSR count). The van der Waals surface area contributed by atoms with Gasteiger partial charge in [0.15, 0.2) is 0 Å². The van der Waals surface area contributed by atoms with Crippen molar-refractivity contribution >= 4 is 0 Å². The fourth-order valence-corrected chi connectivity index (χ4v) is 1.80. The van der Waals surface area contributed by atoms with Crippen molar-refractivity contribution in [3.05, 3.63) is 29.3 Å². The Kier molecular flexibility index (Phi) is 5.94. The van der Waals surface area contributed by atoms with E-state index in [-0.39, 0.29) is 0 Å². The SMILES string of the molecule is CCOc1ccc(CC)cc1CCCCN. The second-order valence-corrected chi connectivity index (χ2v) is 3.97. The van der Waals surface area contributed by atoms with Crippen molar-refractivity contribution in [3.8, 4) is 5.75 Å². The van der Waals surface area contributed by atoms with Crippen LogP contribution in [0.1, 0.15) is 37.8 Å². The van der Waals surface area contributed by atoms with E-state index < -0.39 is 0 Å². The lowest BCUT2D eigenvalue weighted by Crippen LogP contribution is -2.01. The number of ether oxygens (including phenoxy) is 1. The first kappa shape index (κ1) is 13.0. The molecule has 0 bridgehead atoms. The molecule has 90 valence electrons. The second kappa shape index (κ2) is 7.29. The van der Waals surface area contributed by atoms with Gasteiger partial charge in [-0.2, -0.15) is 0 Å². The van der Waals surface area contributed by atoms with E-state index in [0.717, 1.165) is 44.6 Å². The molecule has 0 amide bonds. The zero-order valence-electron chi connectivity index (χ0n) is 10.5. The molecule has 0 aliphatic carbocycles. The Balaban J connectivity index is 2.74. The van der Waals surface area contributed by atoms with Gasteiger partial charge in [0, 0.05) is 0 Å². The standard InChI is InChI=1S/C14H23NO/c1-3-12-8-9-14(16-4-2)13(11-12)7-5-6-10-15/h8-9,11H,3-7,10,15H2,1-2H3. The lowest BCUT2D eigenvalue weighted by molar-refractivity contribution is 0.336. The molecule has 0 unspecified atom stereocenters. The van der Waals surface area contributed by atoms with E-state index in [2.05, 4.69) is 25.1 Å². The van der Waals surface area contributed by atoms with Crippen LogP contribution in [0.25, 0.3) is 0 Å². The number of hydrogen-bond acceptors (Lipinski definition) is 2. The number of unbranched alkanes of at least 4 members (excludes halogenated alkanes) is 1. The minimum Gasteiger partial charge on any atom is -0.494 e. The maximum Gasteiger partial charge on any atom is 0.122 e. The Bertz CT molecular complexity index is 310. The number of aryl methyl sites for hydroxylation is 2. The van der Waals surface area contributed by atoms with Crippen LogP contribution in [0.4, 0.5) is 0 Å². The number of hydrogen-bond donors (Lipinski definition) is 1. The zero-order valence-corrected chi connectivity index (χ0v) is 10.5. The quantitative estimate of drug-likeness (QED) is 0.718. The number of benzene rings is 1. The predicted molar refractivity (Wildman–Crippen MR) is 69.0 cm³/mol. The van der Waals surface area contributed by atoms with Gasteiger partial charge in [0.2, 0.25) is 0 Å². The monoisotopic (exact) mass is 221 g/mol. The molecule has 0 aliphatic heterocycles. The molecule has 0 aromatic heterocycles. The maximum absolute atomic E-state index is 5.64. The van der Waals surface area contributed by atoms with Gasteiger partial charge < -0.3 is 10.5 Å². The average Bonchev–Trinajstić information content (AvgIpc) is 2.31. The highest BCUT2D eigenvalue weighted by Gasteiger charge is 2.04. The molecule has 0 aliphatic rings. The molecule has 2 N–H and O–H groups in total. The fourth-order valence-electron chi connectivity index (χ4n) is 1.80. The molecule has 2 heteroatoms. The maximum atomic E-state index is 5.64. The van der Waals surface area contributed by atoms with E-state index in [4.69, 9.17) is 10.5 Å². The molecular weight excluding hydrogens is 198 g/mol. The summed E-state index contributed by atoms with van der Waals surface area (Å²) in [6.45, 7) is 5.71. The molecule has 0 spiro atoms. The van der Waals surface area contributed by atoms with E-state index in [9.17, 15) is 0 Å². The van der Waals surface area contributed by atoms with Crippen molar-refractivity contribution in [2.24, 2.45) is 5.73 Å². The Morgan fingerprint density at radius 1 is 1.19 bits per heavy atom. The molecule has 1 aromatic carbocycles. The lowest BCUT2D eigenvalue weighted by Gasteiger charge is -2.11. The molecule has 1 aromatic rings. The van der Waals surface area contributed by atoms with Gasteiger partial charge in [0.05, 0.1) is 6.61 Å². The van der Waals surface area contributed by atoms with Gasteiger partial charge in [-0.25, -0.2) is 0 Å². The lowest BCUT2D eigenvalue weighted by atomic mass is 10.0. The third-order valence-electron chi connectivity index (χ3n) is 2.73. The van der Waals surface area contributed by atoms with Gasteiger partial charge >= 0.3 is 0 Å². The summed E-state index contributed by atoms with van der Waals surface area (Å²) in [6, 6.07) is 6.51. The van der Waals surface area contributed by atoms with Crippen molar-refractivity contribution in [1.29, 1.82) is 0 Å². The van der Waals surface area contributed by atoms with Crippen LogP contribution >= 0.6 is 0 Å². The number of rotatable bonds is 7. The minimum atomic E-state index is 0.732. The van der Waals surface area contributed by atoms with E-state index >= 15 is 0 Å². The van der Waals surface area contributed by atoms with Crippen molar-refractivity contribution in [2.75, 3.05) is 13.2 Å². The third-order valence-corrected chi connectivity index (χ3v) is 2.73. The van der Waals surface area contributed by atoms with Gasteiger partial charge in [-0.1, -0.05) is 19.1 Å². The molecule has 0 saturated heterocycles. The van der Waals surface area contributed by atoms with Crippen molar-refractivity contribution in [1.82, 2.24) is 0 Å². The molecule has 0 fully saturated rings. The summed E-state index contributed by atoms with van der Waals surface area (Å²) in [6.07, 6.45) is 4.38. The van der Waals surface area contributed by atoms with Crippen molar-refractivity contribution in [3.63, 3.8) is 0 Å². The summed E-state index contributed by atoms with van der Waals surface area (Å²) in [5.74, 6) is 1.04. The Morgan fingerprint density at radius 3 is 2.62 bits per heavy atom. The average molecular weight is 221 g/mol. The topological polar surface area (TPSA) is 35.2 Å². The number of nitrogens with two attached hydrogens (primary N) is 1. The first-order valence-electron chi connectivity index (χ1n) is 6.26. The predicted octanol–water partition coefficient (Wildman–Crippen LogP) is 2.93. The van der Waals surface area contributed by atoms with Gasteiger partial charge in [0.1, 0.15) is 5.75 Å². The normalized spacial score (nSPS) is 10.4. The van der Waals surface area contributed by atoms with Crippen LogP contribution < -0.4 is 10.5 Å². The fraction of sp³-hybridized carbons (Fsp3) is 0.571. The summed E-state index contributed by atoms with van der Waals surface area (Å²) in [4.78, 5) is 0. The van der Waals surface area contributed by atoms with Crippen LogP contribution in [0.3, 0.4) is 0 Å². The first-order chi connectivity index (χ1) is 7.81. The molecule has 0 saturated carbocycles. The van der Waals surface area contributed by atoms with Crippen LogP contribution in [-0.2, 0) is 12.8 Å². The van der Waals surface area contributed by atoms with Gasteiger partial charge in [-0.05, 0) is 56.3 Å². The summed E-state index contributed by atoms with van der Waals surface area (Å²) < 4.78 is 5.64. The van der Waals surface area contributed by atoms with Crippen LogP contribution in [0, 0.1) is 0 Å². The van der Waals surface area contributed by atoms with E-state index in [0.29, 0.717) is 0 Å². The first-order valence-corrected chi connectivity index (χ1v) is 6.26. The summed E-state index contributed by atoms with van der Waals surface area (Å²) in [5.41, 5.74) is 8.22. The second-order valence-electron chi connectivity index (χ2n) is 3.97. The molecule has 0 atom stereocenters. The van der Waals surface area contributed by atoms with Gasteiger partial charge in [-0.3, -0.25) is 0 Å². The molecule has 16 heavy (non-hydrogen) atoms. The smallest absolute Gasteiger partial charge is 0.122 e. The Morgan fingerprint density at radius 2 is 2.00 bits per heavy atom. The summed E-state index contributed by atoms with van der Waals surface area (Å²) in [7, 11) is 0. The highest BCUT2D eigenvalue weighted by Crippen LogP contribution is 2.22. The highest BCUT2D eigenvalue weighted by atomic mass is 16.5. The third kappa shape index (κ3) is 3.86. The summed E-state index contributed by atoms with van der Waals surface area (Å²) in [5, 5.41) is 0. The molecule has 0 radical (unpaired) electrons. The summed E-state index contributed by atoms with van der Waals surface area (Å²) >= 11 is 0. The molecule has 2 nitrogen and oxygen atoms in total. The largest absolute Gasteiger partial charge is 0.494 e. The highest BCUT2D eigenvalue weighted by molar-refractivity contribution is 5.37. The zero-order chi connectivity index (χ0) is 11.8. The molecular formula is C14H23NO. The van der Waals surface area contributed by atoms with Gasteiger partial charge in [0.25, 0.3) is 0 Å². The van der Waals surface area contributed by atoms with Crippen molar-refractivity contribution in [2.45, 2.75) is 39.5 Å². The van der Waals surface area contributed by atoms with Crippen molar-refractivity contribution < 1.29 is 4.74 Å². The van der Waals surface area contributed by atoms with Gasteiger partial charge in [-0.15, -0.1) is 0 Å². The van der Waals surface area contributed by atoms with E-state index in [1.54, 1.807) is 0 Å². The van der Waals surface area contributed by atoms with E-state index in [1.807, 2.05) is 6.92 Å². The van der Waals surface area contributed by atoms with Crippen LogP contribution in [0.2, 0.25) is 0 Å². The molecule has 0 heterocycles. The van der Waals surface area contributed by atoms with E-state index in [1.165, 1.54) is 11.1 Å². The minimum absolute atomic E-state index is 0.732. The van der Waals surface area contributed by atoms with Crippen LogP contribution in [0.5, 0.6) is 5.75 Å². The van der Waals surface area contributed by atoms with Crippen LogP contribution in [-0.4, -0.2) is 13.2 Å². The Hall–Kier alpha value is -1.02.